The van der Waals surface area contributed by atoms with Crippen molar-refractivity contribution in [3.8, 4) is 0 Å². The molecule has 3 rings (SSSR count). The van der Waals surface area contributed by atoms with E-state index in [1.54, 1.807) is 0 Å². The molecule has 1 aromatic carbocycles. The van der Waals surface area contributed by atoms with Crippen LogP contribution in [-0.4, -0.2) is 42.4 Å². The molecule has 2 aliphatic rings. The van der Waals surface area contributed by atoms with E-state index >= 15 is 0 Å². The highest BCUT2D eigenvalue weighted by Crippen LogP contribution is 2.32. The van der Waals surface area contributed by atoms with Crippen LogP contribution >= 0.6 is 0 Å². The molecule has 0 bridgehead atoms. The minimum Gasteiger partial charge on any atom is -0.389 e. The third-order valence-electron chi connectivity index (χ3n) is 4.59. The first-order valence-electron chi connectivity index (χ1n) is 7.98. The lowest BCUT2D eigenvalue weighted by molar-refractivity contribution is 0.0126. The van der Waals surface area contributed by atoms with Gasteiger partial charge in [0, 0.05) is 19.6 Å². The number of aliphatic hydroxyl groups excluding tert-OH is 1. The molecule has 3 nitrogen and oxygen atoms in total. The number of ether oxygens (including phenoxy) is 1. The fraction of sp³-hybridized carbons (Fsp3) is 0.556. The Morgan fingerprint density at radius 1 is 1.10 bits per heavy atom. The zero-order valence-electron chi connectivity index (χ0n) is 12.5. The molecule has 0 saturated carbocycles. The molecule has 0 radical (unpaired) electrons. The Kier molecular flexibility index (Phi) is 5.07. The van der Waals surface area contributed by atoms with E-state index in [1.165, 1.54) is 12.8 Å². The molecule has 2 unspecified atom stereocenters. The van der Waals surface area contributed by atoms with Gasteiger partial charge in [-0.2, -0.15) is 0 Å². The van der Waals surface area contributed by atoms with Gasteiger partial charge in [0.1, 0.15) is 0 Å². The quantitative estimate of drug-likeness (QED) is 0.816. The maximum atomic E-state index is 10.1. The smallest absolute Gasteiger partial charge is 0.0900 e. The minimum absolute atomic E-state index is 0.387. The van der Waals surface area contributed by atoms with Crippen LogP contribution < -0.4 is 0 Å². The highest BCUT2D eigenvalue weighted by molar-refractivity contribution is 5.13. The maximum absolute atomic E-state index is 10.1. The number of hydrogen-bond acceptors (Lipinski definition) is 3. The molecule has 1 saturated heterocycles. The second kappa shape index (κ2) is 7.21. The van der Waals surface area contributed by atoms with Crippen LogP contribution in [0.3, 0.4) is 0 Å². The van der Waals surface area contributed by atoms with Gasteiger partial charge in [-0.3, -0.25) is 0 Å². The fourth-order valence-corrected chi connectivity index (χ4v) is 3.50. The molecule has 1 aliphatic heterocycles. The van der Waals surface area contributed by atoms with Crippen LogP contribution in [0.25, 0.3) is 0 Å². The first-order chi connectivity index (χ1) is 10.3. The Balaban J connectivity index is 1.36. The molecule has 0 amide bonds. The van der Waals surface area contributed by atoms with E-state index < -0.39 is 0 Å². The summed E-state index contributed by atoms with van der Waals surface area (Å²) in [6.45, 7) is 3.99. The number of benzene rings is 1. The third kappa shape index (κ3) is 4.16. The molecule has 0 spiro atoms. The normalized spacial score (nSPS) is 26.7. The number of hydrogen-bond donors (Lipinski definition) is 1. The summed E-state index contributed by atoms with van der Waals surface area (Å²) in [5.41, 5.74) is 1.16. The SMILES string of the molecule is O[C@H](COCc1ccccc1)CN1CC2CC=CCC2C1. The topological polar surface area (TPSA) is 32.7 Å². The number of fused-ring (bicyclic) bond motifs is 1. The largest absolute Gasteiger partial charge is 0.389 e. The Hall–Kier alpha value is -1.16. The van der Waals surface area contributed by atoms with Gasteiger partial charge in [0.2, 0.25) is 0 Å². The summed E-state index contributed by atoms with van der Waals surface area (Å²) in [4.78, 5) is 2.40. The zero-order chi connectivity index (χ0) is 14.5. The Morgan fingerprint density at radius 3 is 2.43 bits per heavy atom. The number of rotatable bonds is 6. The lowest BCUT2D eigenvalue weighted by Gasteiger charge is -2.20. The standard InChI is InChI=1S/C18H25NO2/c20-18(14-21-13-15-6-2-1-3-7-15)12-19-10-16-8-4-5-9-17(16)11-19/h1-7,16-18,20H,8-14H2/t16?,17?,18-/m0/s1. The first-order valence-corrected chi connectivity index (χ1v) is 7.98. The van der Waals surface area contributed by atoms with Gasteiger partial charge in [-0.1, -0.05) is 42.5 Å². The fourth-order valence-electron chi connectivity index (χ4n) is 3.50. The summed E-state index contributed by atoms with van der Waals surface area (Å²) in [7, 11) is 0. The molecule has 1 heterocycles. The predicted octanol–water partition coefficient (Wildman–Crippen LogP) is 2.46. The minimum atomic E-state index is -0.387. The van der Waals surface area contributed by atoms with Crippen molar-refractivity contribution in [3.05, 3.63) is 48.0 Å². The van der Waals surface area contributed by atoms with E-state index in [2.05, 4.69) is 17.1 Å². The molecule has 1 aromatic rings. The second-order valence-electron chi connectivity index (χ2n) is 6.34. The zero-order valence-corrected chi connectivity index (χ0v) is 12.5. The van der Waals surface area contributed by atoms with Gasteiger partial charge >= 0.3 is 0 Å². The van der Waals surface area contributed by atoms with Crippen molar-refractivity contribution in [2.45, 2.75) is 25.6 Å². The molecule has 3 atom stereocenters. The van der Waals surface area contributed by atoms with E-state index in [4.69, 9.17) is 4.74 Å². The third-order valence-corrected chi connectivity index (χ3v) is 4.59. The van der Waals surface area contributed by atoms with Gasteiger partial charge in [-0.15, -0.1) is 0 Å². The van der Waals surface area contributed by atoms with Crippen molar-refractivity contribution in [1.82, 2.24) is 4.90 Å². The summed E-state index contributed by atoms with van der Waals surface area (Å²) in [6, 6.07) is 10.1. The molecule has 1 fully saturated rings. The van der Waals surface area contributed by atoms with Gasteiger partial charge < -0.3 is 14.7 Å². The molecule has 3 heteroatoms. The van der Waals surface area contributed by atoms with E-state index in [0.29, 0.717) is 13.2 Å². The summed E-state index contributed by atoms with van der Waals surface area (Å²) in [5, 5.41) is 10.1. The van der Waals surface area contributed by atoms with E-state index in [1.807, 2.05) is 30.3 Å². The van der Waals surface area contributed by atoms with Crippen LogP contribution in [0.2, 0.25) is 0 Å². The molecule has 1 aliphatic carbocycles. The van der Waals surface area contributed by atoms with Crippen molar-refractivity contribution in [2.75, 3.05) is 26.2 Å². The number of aliphatic hydroxyl groups is 1. The Labute approximate surface area is 127 Å². The first kappa shape index (κ1) is 14.8. The molecule has 1 N–H and O–H groups in total. The van der Waals surface area contributed by atoms with E-state index in [9.17, 15) is 5.11 Å². The molecular formula is C18H25NO2. The van der Waals surface area contributed by atoms with E-state index in [0.717, 1.165) is 37.0 Å². The van der Waals surface area contributed by atoms with E-state index in [-0.39, 0.29) is 6.10 Å². The lowest BCUT2D eigenvalue weighted by atomic mass is 9.86. The van der Waals surface area contributed by atoms with Crippen molar-refractivity contribution in [3.63, 3.8) is 0 Å². The van der Waals surface area contributed by atoms with Gasteiger partial charge in [-0.25, -0.2) is 0 Å². The number of nitrogens with zero attached hydrogens (tertiary/aromatic N) is 1. The monoisotopic (exact) mass is 287 g/mol. The Bertz CT molecular complexity index is 444. The van der Waals surface area contributed by atoms with Crippen molar-refractivity contribution >= 4 is 0 Å². The van der Waals surface area contributed by atoms with Crippen LogP contribution in [0.1, 0.15) is 18.4 Å². The van der Waals surface area contributed by atoms with Gasteiger partial charge in [0.05, 0.1) is 19.3 Å². The van der Waals surface area contributed by atoms with Crippen LogP contribution in [0.5, 0.6) is 0 Å². The van der Waals surface area contributed by atoms with Gasteiger partial charge in [0.15, 0.2) is 0 Å². The average molecular weight is 287 g/mol. The molecule has 114 valence electrons. The average Bonchev–Trinajstić information content (AvgIpc) is 2.90. The van der Waals surface area contributed by atoms with Crippen LogP contribution in [0, 0.1) is 11.8 Å². The Morgan fingerprint density at radius 2 is 1.76 bits per heavy atom. The predicted molar refractivity (Wildman–Crippen MR) is 83.9 cm³/mol. The van der Waals surface area contributed by atoms with Crippen LogP contribution in [-0.2, 0) is 11.3 Å². The second-order valence-corrected chi connectivity index (χ2v) is 6.34. The number of β-amino-alcohol motifs (C(OH)–C–C–N with tert-alkyl or cyclic N) is 1. The highest BCUT2D eigenvalue weighted by Gasteiger charge is 2.33. The molecule has 21 heavy (non-hydrogen) atoms. The molecular weight excluding hydrogens is 262 g/mol. The van der Waals surface area contributed by atoms with Crippen molar-refractivity contribution in [1.29, 1.82) is 0 Å². The highest BCUT2D eigenvalue weighted by atomic mass is 16.5. The summed E-state index contributed by atoms with van der Waals surface area (Å²) < 4.78 is 5.62. The number of likely N-dealkylation sites (tertiary alicyclic amines) is 1. The van der Waals surface area contributed by atoms with Crippen LogP contribution in [0.15, 0.2) is 42.5 Å². The van der Waals surface area contributed by atoms with Crippen LogP contribution in [0.4, 0.5) is 0 Å². The van der Waals surface area contributed by atoms with Crippen molar-refractivity contribution in [2.24, 2.45) is 11.8 Å². The van der Waals surface area contributed by atoms with Gasteiger partial charge in [-0.05, 0) is 30.2 Å². The summed E-state index contributed by atoms with van der Waals surface area (Å²) in [6.07, 6.45) is 6.65. The lowest BCUT2D eigenvalue weighted by Crippen LogP contribution is -2.33. The number of allylic oxidation sites excluding steroid dienone is 2. The summed E-state index contributed by atoms with van der Waals surface area (Å²) >= 11 is 0. The maximum Gasteiger partial charge on any atom is 0.0900 e. The van der Waals surface area contributed by atoms with Crippen molar-refractivity contribution < 1.29 is 9.84 Å². The van der Waals surface area contributed by atoms with Gasteiger partial charge in [0.25, 0.3) is 0 Å². The summed E-state index contributed by atoms with van der Waals surface area (Å²) in [5.74, 6) is 1.60. The molecule has 0 aromatic heterocycles.